The van der Waals surface area contributed by atoms with Crippen molar-refractivity contribution in [1.82, 2.24) is 9.97 Å². The number of ether oxygens (including phenoxy) is 1. The molecular formula is C12H13ClN2O. The van der Waals surface area contributed by atoms with Gasteiger partial charge in [-0.1, -0.05) is 31.4 Å². The van der Waals surface area contributed by atoms with E-state index in [4.69, 9.17) is 16.3 Å². The number of rotatable bonds is 5. The van der Waals surface area contributed by atoms with E-state index in [9.17, 15) is 0 Å². The normalized spacial score (nSPS) is 11.0. The second kappa shape index (κ2) is 6.08. The highest BCUT2D eigenvalue weighted by atomic mass is 35.5. The summed E-state index contributed by atoms with van der Waals surface area (Å²) in [4.78, 5) is 7.84. The van der Waals surface area contributed by atoms with Gasteiger partial charge in [-0.25, -0.2) is 9.97 Å². The van der Waals surface area contributed by atoms with Crippen LogP contribution in [-0.4, -0.2) is 16.6 Å². The first-order valence-electron chi connectivity index (χ1n) is 4.73. The maximum atomic E-state index is 5.64. The molecule has 0 bridgehead atoms. The van der Waals surface area contributed by atoms with Crippen molar-refractivity contribution in [1.29, 1.82) is 0 Å². The topological polar surface area (TPSA) is 35.0 Å². The van der Waals surface area contributed by atoms with Crippen molar-refractivity contribution in [2.24, 2.45) is 0 Å². The minimum Gasteiger partial charge on any atom is -0.485 e. The van der Waals surface area contributed by atoms with Gasteiger partial charge < -0.3 is 4.74 Å². The number of hydrogen-bond donors (Lipinski definition) is 0. The van der Waals surface area contributed by atoms with Crippen LogP contribution in [0, 0.1) is 6.92 Å². The quantitative estimate of drug-likeness (QED) is 0.582. The van der Waals surface area contributed by atoms with Crippen molar-refractivity contribution in [2.45, 2.75) is 6.92 Å². The van der Waals surface area contributed by atoms with Gasteiger partial charge in [0, 0.05) is 0 Å². The summed E-state index contributed by atoms with van der Waals surface area (Å²) in [7, 11) is 0. The Balaban J connectivity index is 2.70. The van der Waals surface area contributed by atoms with Crippen LogP contribution >= 0.6 is 11.6 Å². The maximum Gasteiger partial charge on any atom is 0.222 e. The molecule has 3 nitrogen and oxygen atoms in total. The highest BCUT2D eigenvalue weighted by Gasteiger charge is 2.03. The summed E-state index contributed by atoms with van der Waals surface area (Å²) in [6.07, 6.45) is 6.79. The molecule has 1 heterocycles. The monoisotopic (exact) mass is 236 g/mol. The minimum absolute atomic E-state index is 0.218. The van der Waals surface area contributed by atoms with Crippen LogP contribution in [0.5, 0.6) is 5.75 Å². The van der Waals surface area contributed by atoms with Gasteiger partial charge in [-0.05, 0) is 24.1 Å². The van der Waals surface area contributed by atoms with Gasteiger partial charge in [0.05, 0.1) is 11.9 Å². The van der Waals surface area contributed by atoms with E-state index in [1.807, 2.05) is 13.0 Å². The van der Waals surface area contributed by atoms with E-state index in [0.29, 0.717) is 18.1 Å². The molecule has 0 fully saturated rings. The molecular weight excluding hydrogens is 224 g/mol. The zero-order chi connectivity index (χ0) is 12.0. The van der Waals surface area contributed by atoms with E-state index in [0.717, 1.165) is 5.57 Å². The van der Waals surface area contributed by atoms with Crippen LogP contribution in [0.15, 0.2) is 43.2 Å². The highest BCUT2D eigenvalue weighted by Crippen LogP contribution is 2.16. The predicted octanol–water partition coefficient (Wildman–Crippen LogP) is 3.12. The molecule has 0 aliphatic rings. The Bertz CT molecular complexity index is 427. The SMILES string of the molecule is C=C/C=C(\C=C)COc1cnc(Cl)nc1C. The van der Waals surface area contributed by atoms with Crippen molar-refractivity contribution in [3.05, 3.63) is 54.1 Å². The minimum atomic E-state index is 0.218. The Labute approximate surface area is 100 Å². The van der Waals surface area contributed by atoms with Crippen molar-refractivity contribution in [3.63, 3.8) is 0 Å². The molecule has 1 aromatic rings. The van der Waals surface area contributed by atoms with Crippen LogP contribution in [0.2, 0.25) is 5.28 Å². The van der Waals surface area contributed by atoms with Crippen molar-refractivity contribution >= 4 is 11.6 Å². The molecule has 0 aliphatic heterocycles. The maximum absolute atomic E-state index is 5.64. The van der Waals surface area contributed by atoms with Gasteiger partial charge in [-0.3, -0.25) is 0 Å². The van der Waals surface area contributed by atoms with Crippen LogP contribution in [-0.2, 0) is 0 Å². The van der Waals surface area contributed by atoms with Crippen LogP contribution in [0.1, 0.15) is 5.69 Å². The zero-order valence-electron chi connectivity index (χ0n) is 9.11. The molecule has 0 radical (unpaired) electrons. The van der Waals surface area contributed by atoms with Crippen molar-refractivity contribution in [3.8, 4) is 5.75 Å². The lowest BCUT2D eigenvalue weighted by Gasteiger charge is -2.08. The summed E-state index contributed by atoms with van der Waals surface area (Å²) in [6, 6.07) is 0. The van der Waals surface area contributed by atoms with Gasteiger partial charge >= 0.3 is 0 Å². The van der Waals surface area contributed by atoms with E-state index in [1.54, 1.807) is 18.3 Å². The van der Waals surface area contributed by atoms with E-state index in [2.05, 4.69) is 23.1 Å². The Hall–Kier alpha value is -1.61. The fraction of sp³-hybridized carbons (Fsp3) is 0.167. The second-order valence-corrected chi connectivity index (χ2v) is 3.40. The van der Waals surface area contributed by atoms with Crippen LogP contribution in [0.4, 0.5) is 0 Å². The van der Waals surface area contributed by atoms with E-state index >= 15 is 0 Å². The lowest BCUT2D eigenvalue weighted by atomic mass is 10.2. The van der Waals surface area contributed by atoms with E-state index in [1.165, 1.54) is 0 Å². The van der Waals surface area contributed by atoms with Gasteiger partial charge in [-0.15, -0.1) is 0 Å². The molecule has 0 aliphatic carbocycles. The summed E-state index contributed by atoms with van der Waals surface area (Å²) < 4.78 is 5.53. The lowest BCUT2D eigenvalue weighted by molar-refractivity contribution is 0.349. The molecule has 0 N–H and O–H groups in total. The van der Waals surface area contributed by atoms with Crippen LogP contribution < -0.4 is 4.74 Å². The molecule has 0 saturated heterocycles. The Morgan fingerprint density at radius 2 is 2.31 bits per heavy atom. The first-order chi connectivity index (χ1) is 7.67. The summed E-state index contributed by atoms with van der Waals surface area (Å²) in [6.45, 7) is 9.51. The number of aromatic nitrogens is 2. The predicted molar refractivity (Wildman–Crippen MR) is 65.8 cm³/mol. The van der Waals surface area contributed by atoms with Gasteiger partial charge in [0.1, 0.15) is 6.61 Å². The fourth-order valence-corrected chi connectivity index (χ4v) is 1.23. The Morgan fingerprint density at radius 1 is 1.56 bits per heavy atom. The van der Waals surface area contributed by atoms with Crippen LogP contribution in [0.3, 0.4) is 0 Å². The third-order valence-electron chi connectivity index (χ3n) is 1.89. The molecule has 84 valence electrons. The first-order valence-corrected chi connectivity index (χ1v) is 5.11. The third kappa shape index (κ3) is 3.51. The summed E-state index contributed by atoms with van der Waals surface area (Å²) >= 11 is 5.64. The molecule has 0 aromatic carbocycles. The van der Waals surface area contributed by atoms with Crippen LogP contribution in [0.25, 0.3) is 0 Å². The molecule has 1 rings (SSSR count). The molecule has 0 saturated carbocycles. The van der Waals surface area contributed by atoms with E-state index in [-0.39, 0.29) is 5.28 Å². The molecule has 1 aromatic heterocycles. The number of nitrogens with zero attached hydrogens (tertiary/aromatic N) is 2. The third-order valence-corrected chi connectivity index (χ3v) is 2.08. The zero-order valence-corrected chi connectivity index (χ0v) is 9.87. The first kappa shape index (κ1) is 12.5. The van der Waals surface area contributed by atoms with Gasteiger partial charge in [-0.2, -0.15) is 0 Å². The van der Waals surface area contributed by atoms with Gasteiger partial charge in [0.15, 0.2) is 5.75 Å². The molecule has 0 spiro atoms. The molecule has 16 heavy (non-hydrogen) atoms. The van der Waals surface area contributed by atoms with Gasteiger partial charge in [0.2, 0.25) is 5.28 Å². The Kier molecular flexibility index (Phi) is 4.73. The van der Waals surface area contributed by atoms with Crippen molar-refractivity contribution in [2.75, 3.05) is 6.61 Å². The number of hydrogen-bond acceptors (Lipinski definition) is 3. The van der Waals surface area contributed by atoms with Crippen molar-refractivity contribution < 1.29 is 4.74 Å². The summed E-state index contributed by atoms with van der Waals surface area (Å²) in [5.41, 5.74) is 1.64. The average molecular weight is 237 g/mol. The Morgan fingerprint density at radius 3 is 2.88 bits per heavy atom. The largest absolute Gasteiger partial charge is 0.485 e. The number of aryl methyl sites for hydroxylation is 1. The second-order valence-electron chi connectivity index (χ2n) is 3.06. The number of halogens is 1. The lowest BCUT2D eigenvalue weighted by Crippen LogP contribution is -2.02. The smallest absolute Gasteiger partial charge is 0.222 e. The molecule has 0 atom stereocenters. The summed E-state index contributed by atoms with van der Waals surface area (Å²) in [5.74, 6) is 0.612. The standard InChI is InChI=1S/C12H13ClN2O/c1-4-6-10(5-2)8-16-11-7-14-12(13)15-9(11)3/h4-7H,1-2,8H2,3H3/b10-6+. The average Bonchev–Trinajstić information content (AvgIpc) is 2.26. The van der Waals surface area contributed by atoms with E-state index < -0.39 is 0 Å². The molecule has 0 amide bonds. The molecule has 4 heteroatoms. The van der Waals surface area contributed by atoms with Gasteiger partial charge in [0.25, 0.3) is 0 Å². The molecule has 0 unspecified atom stereocenters. The number of allylic oxidation sites excluding steroid dienone is 2. The fourth-order valence-electron chi connectivity index (χ4n) is 1.06. The summed E-state index contributed by atoms with van der Waals surface area (Å²) in [5, 5.41) is 0.218. The highest BCUT2D eigenvalue weighted by molar-refractivity contribution is 6.28.